The molecule has 1 N–H and O–H groups in total. The van der Waals surface area contributed by atoms with Crippen molar-refractivity contribution in [3.8, 4) is 0 Å². The Bertz CT molecular complexity index is 633. The average Bonchev–Trinajstić information content (AvgIpc) is 2.64. The maximum Gasteiger partial charge on any atom is 0.287 e. The highest BCUT2D eigenvalue weighted by Gasteiger charge is 2.17. The minimum Gasteiger partial charge on any atom is -0.451 e. The molecule has 1 aromatic carbocycles. The second-order valence-corrected chi connectivity index (χ2v) is 5.35. The monoisotopic (exact) mass is 327 g/mol. The molecular weight excluding hydrogens is 318 g/mol. The predicted molar refractivity (Wildman–Crippen MR) is 76.0 cm³/mol. The number of aryl methyl sites for hydroxylation is 1. The van der Waals surface area contributed by atoms with Crippen molar-refractivity contribution in [2.45, 2.75) is 6.92 Å². The smallest absolute Gasteiger partial charge is 0.287 e. The first-order valence-electron chi connectivity index (χ1n) is 5.29. The molecule has 0 spiro atoms. The van der Waals surface area contributed by atoms with Crippen molar-refractivity contribution in [1.29, 1.82) is 0 Å². The van der Waals surface area contributed by atoms with Crippen LogP contribution in [0.15, 0.2) is 38.7 Å². The molecule has 0 saturated carbocycles. The fourth-order valence-electron chi connectivity index (χ4n) is 1.67. The molecule has 0 aliphatic heterocycles. The lowest BCUT2D eigenvalue weighted by atomic mass is 10.1. The maximum atomic E-state index is 11.9. The van der Waals surface area contributed by atoms with Crippen molar-refractivity contribution in [2.75, 3.05) is 6.54 Å². The topological polar surface area (TPSA) is 42.2 Å². The first-order valence-corrected chi connectivity index (χ1v) is 6.46. The Morgan fingerprint density at radius 1 is 1.56 bits per heavy atom. The molecule has 2 aromatic rings. The van der Waals surface area contributed by atoms with Gasteiger partial charge in [-0.25, -0.2) is 0 Å². The summed E-state index contributed by atoms with van der Waals surface area (Å²) in [5.74, 6) is 0.0163. The molecule has 1 amide bonds. The summed E-state index contributed by atoms with van der Waals surface area (Å²) < 4.78 is 6.49. The standard InChI is InChI=1S/C13H11BrClNO2/c1-7(15)6-16-13(17)12-8(2)10-5-9(14)3-4-11(10)18-12/h3-5H,1,6H2,2H3,(H,16,17). The van der Waals surface area contributed by atoms with Gasteiger partial charge in [0, 0.05) is 20.5 Å². The molecule has 18 heavy (non-hydrogen) atoms. The number of carbonyl (C=O) groups excluding carboxylic acids is 1. The lowest BCUT2D eigenvalue weighted by Gasteiger charge is -2.01. The highest BCUT2D eigenvalue weighted by Crippen LogP contribution is 2.27. The summed E-state index contributed by atoms with van der Waals surface area (Å²) in [6.45, 7) is 5.58. The van der Waals surface area contributed by atoms with E-state index in [1.165, 1.54) is 0 Å². The molecule has 0 aliphatic rings. The van der Waals surface area contributed by atoms with Gasteiger partial charge in [-0.05, 0) is 25.1 Å². The number of halogens is 2. The van der Waals surface area contributed by atoms with Gasteiger partial charge in [-0.1, -0.05) is 34.1 Å². The van der Waals surface area contributed by atoms with Gasteiger partial charge in [-0.3, -0.25) is 4.79 Å². The van der Waals surface area contributed by atoms with Crippen molar-refractivity contribution in [2.24, 2.45) is 0 Å². The molecule has 0 atom stereocenters. The van der Waals surface area contributed by atoms with Crippen LogP contribution in [0.1, 0.15) is 16.1 Å². The third kappa shape index (κ3) is 2.60. The number of amides is 1. The number of carbonyl (C=O) groups is 1. The van der Waals surface area contributed by atoms with Crippen LogP contribution in [-0.2, 0) is 0 Å². The van der Waals surface area contributed by atoms with Crippen LogP contribution in [0.5, 0.6) is 0 Å². The van der Waals surface area contributed by atoms with E-state index in [9.17, 15) is 4.79 Å². The highest BCUT2D eigenvalue weighted by atomic mass is 79.9. The summed E-state index contributed by atoms with van der Waals surface area (Å²) in [6.07, 6.45) is 0. The minimum atomic E-state index is -0.290. The maximum absolute atomic E-state index is 11.9. The van der Waals surface area contributed by atoms with Crippen LogP contribution in [0.25, 0.3) is 11.0 Å². The average molecular weight is 329 g/mol. The number of rotatable bonds is 3. The van der Waals surface area contributed by atoms with Gasteiger partial charge in [0.15, 0.2) is 5.76 Å². The van der Waals surface area contributed by atoms with Crippen LogP contribution >= 0.6 is 27.5 Å². The fourth-order valence-corrected chi connectivity index (χ4v) is 2.09. The molecule has 0 saturated heterocycles. The number of hydrogen-bond donors (Lipinski definition) is 1. The van der Waals surface area contributed by atoms with E-state index < -0.39 is 0 Å². The summed E-state index contributed by atoms with van der Waals surface area (Å²) >= 11 is 8.99. The molecule has 1 heterocycles. The number of fused-ring (bicyclic) bond motifs is 1. The van der Waals surface area contributed by atoms with E-state index in [1.807, 2.05) is 25.1 Å². The summed E-state index contributed by atoms with van der Waals surface area (Å²) in [5.41, 5.74) is 1.49. The van der Waals surface area contributed by atoms with E-state index in [4.69, 9.17) is 16.0 Å². The second-order valence-electron chi connectivity index (χ2n) is 3.90. The third-order valence-corrected chi connectivity index (χ3v) is 3.17. The van der Waals surface area contributed by atoms with E-state index in [0.29, 0.717) is 16.4 Å². The third-order valence-electron chi connectivity index (χ3n) is 2.55. The van der Waals surface area contributed by atoms with E-state index in [-0.39, 0.29) is 12.5 Å². The summed E-state index contributed by atoms with van der Waals surface area (Å²) in [6, 6.07) is 5.61. The largest absolute Gasteiger partial charge is 0.451 e. The van der Waals surface area contributed by atoms with Gasteiger partial charge in [0.1, 0.15) is 5.58 Å². The van der Waals surface area contributed by atoms with E-state index in [1.54, 1.807) is 0 Å². The van der Waals surface area contributed by atoms with Gasteiger partial charge < -0.3 is 9.73 Å². The lowest BCUT2D eigenvalue weighted by molar-refractivity contribution is 0.0931. The zero-order chi connectivity index (χ0) is 13.3. The Balaban J connectivity index is 2.36. The van der Waals surface area contributed by atoms with Crippen LogP contribution in [0.4, 0.5) is 0 Å². The first-order chi connectivity index (χ1) is 8.49. The van der Waals surface area contributed by atoms with Crippen molar-refractivity contribution in [1.82, 2.24) is 5.32 Å². The lowest BCUT2D eigenvalue weighted by Crippen LogP contribution is -2.24. The van der Waals surface area contributed by atoms with Crippen LogP contribution in [0.3, 0.4) is 0 Å². The zero-order valence-electron chi connectivity index (χ0n) is 9.72. The van der Waals surface area contributed by atoms with Gasteiger partial charge in [0.2, 0.25) is 0 Å². The van der Waals surface area contributed by atoms with Crippen molar-refractivity contribution < 1.29 is 9.21 Å². The summed E-state index contributed by atoms with van der Waals surface area (Å²) in [4.78, 5) is 11.9. The first kappa shape index (κ1) is 13.2. The second kappa shape index (κ2) is 5.16. The molecular formula is C13H11BrClNO2. The molecule has 0 aliphatic carbocycles. The number of furan rings is 1. The van der Waals surface area contributed by atoms with Gasteiger partial charge in [-0.2, -0.15) is 0 Å². The molecule has 2 rings (SSSR count). The number of benzene rings is 1. The fraction of sp³-hybridized carbons (Fsp3) is 0.154. The molecule has 1 aromatic heterocycles. The van der Waals surface area contributed by atoms with Crippen LogP contribution in [-0.4, -0.2) is 12.5 Å². The summed E-state index contributed by atoms with van der Waals surface area (Å²) in [5, 5.41) is 3.93. The molecule has 3 nitrogen and oxygen atoms in total. The van der Waals surface area contributed by atoms with Gasteiger partial charge in [0.25, 0.3) is 5.91 Å². The highest BCUT2D eigenvalue weighted by molar-refractivity contribution is 9.10. The molecule has 0 unspecified atom stereocenters. The van der Waals surface area contributed by atoms with Crippen molar-refractivity contribution >= 4 is 44.4 Å². The SMILES string of the molecule is C=C(Cl)CNC(=O)c1oc2ccc(Br)cc2c1C. The molecule has 0 fully saturated rings. The predicted octanol–water partition coefficient (Wildman–Crippen LogP) is 3.99. The molecule has 0 bridgehead atoms. The quantitative estimate of drug-likeness (QED) is 0.926. The van der Waals surface area contributed by atoms with Crippen molar-refractivity contribution in [3.05, 3.63) is 45.6 Å². The van der Waals surface area contributed by atoms with Crippen LogP contribution < -0.4 is 5.32 Å². The van der Waals surface area contributed by atoms with Gasteiger partial charge >= 0.3 is 0 Å². The normalized spacial score (nSPS) is 10.6. The Kier molecular flexibility index (Phi) is 3.78. The Hall–Kier alpha value is -1.26. The van der Waals surface area contributed by atoms with Gasteiger partial charge in [0.05, 0.1) is 6.54 Å². The van der Waals surface area contributed by atoms with E-state index in [0.717, 1.165) is 15.4 Å². The Labute approximate surface area is 118 Å². The zero-order valence-corrected chi connectivity index (χ0v) is 12.1. The molecule has 5 heteroatoms. The van der Waals surface area contributed by atoms with Gasteiger partial charge in [-0.15, -0.1) is 0 Å². The number of nitrogens with one attached hydrogen (secondary N) is 1. The van der Waals surface area contributed by atoms with E-state index >= 15 is 0 Å². The van der Waals surface area contributed by atoms with E-state index in [2.05, 4.69) is 27.8 Å². The molecule has 94 valence electrons. The van der Waals surface area contributed by atoms with Crippen LogP contribution in [0, 0.1) is 6.92 Å². The molecule has 0 radical (unpaired) electrons. The Morgan fingerprint density at radius 2 is 2.28 bits per heavy atom. The van der Waals surface area contributed by atoms with Crippen molar-refractivity contribution in [3.63, 3.8) is 0 Å². The minimum absolute atomic E-state index is 0.223. The Morgan fingerprint density at radius 3 is 2.94 bits per heavy atom. The van der Waals surface area contributed by atoms with Crippen LogP contribution in [0.2, 0.25) is 0 Å². The number of hydrogen-bond acceptors (Lipinski definition) is 2. The summed E-state index contributed by atoms with van der Waals surface area (Å²) in [7, 11) is 0.